The average molecular weight is 218 g/mol. The number of aromatic nitrogens is 2. The lowest BCUT2D eigenvalue weighted by Gasteiger charge is -2.18. The molecule has 1 aliphatic rings. The molecule has 1 fully saturated rings. The first-order valence-electron chi connectivity index (χ1n) is 6.10. The molecule has 88 valence electrons. The van der Waals surface area contributed by atoms with Gasteiger partial charge in [-0.1, -0.05) is 33.9 Å². The minimum Gasteiger partial charge on any atom is -0.328 e. The van der Waals surface area contributed by atoms with Gasteiger partial charge in [0.15, 0.2) is 0 Å². The summed E-state index contributed by atoms with van der Waals surface area (Å²) >= 11 is 0. The van der Waals surface area contributed by atoms with Gasteiger partial charge in [0.25, 0.3) is 0 Å². The Morgan fingerprint density at radius 3 is 2.44 bits per heavy atom. The van der Waals surface area contributed by atoms with Gasteiger partial charge in [-0.2, -0.15) is 0 Å². The summed E-state index contributed by atoms with van der Waals surface area (Å²) in [5.74, 6) is 2.02. The Labute approximate surface area is 97.7 Å². The van der Waals surface area contributed by atoms with E-state index in [4.69, 9.17) is 0 Å². The van der Waals surface area contributed by atoms with Gasteiger partial charge in [-0.15, -0.1) is 0 Å². The third kappa shape index (κ3) is 2.55. The van der Waals surface area contributed by atoms with Gasteiger partial charge in [0, 0.05) is 13.0 Å². The van der Waals surface area contributed by atoms with Gasteiger partial charge in [-0.05, 0) is 24.2 Å². The maximum Gasteiger partial charge on any atom is 0.110 e. The number of imidazole rings is 1. The second kappa shape index (κ2) is 3.76. The van der Waals surface area contributed by atoms with E-state index in [0.29, 0.717) is 0 Å². The third-order valence-corrected chi connectivity index (χ3v) is 3.06. The minimum atomic E-state index is 0.269. The highest BCUT2D eigenvalue weighted by Gasteiger charge is 2.24. The molecule has 0 unspecified atom stereocenters. The molecule has 0 radical (unpaired) electrons. The van der Waals surface area contributed by atoms with Crippen molar-refractivity contribution >= 4 is 13.2 Å². The molecule has 0 saturated heterocycles. The number of hydrogen-bond donors (Lipinski definition) is 0. The number of rotatable bonds is 3. The summed E-state index contributed by atoms with van der Waals surface area (Å²) in [6, 6.07) is 0. The molecule has 0 N–H and O–H groups in total. The van der Waals surface area contributed by atoms with Crippen LogP contribution in [0.15, 0.2) is 0 Å². The zero-order valence-electron chi connectivity index (χ0n) is 10.7. The van der Waals surface area contributed by atoms with Crippen LogP contribution in [0.25, 0.3) is 13.2 Å². The van der Waals surface area contributed by atoms with Gasteiger partial charge in [0.05, 0.1) is 10.7 Å². The normalized spacial score (nSPS) is 16.7. The molecule has 0 spiro atoms. The second-order valence-corrected chi connectivity index (χ2v) is 6.21. The van der Waals surface area contributed by atoms with Crippen molar-refractivity contribution in [2.45, 2.75) is 46.6 Å². The highest BCUT2D eigenvalue weighted by molar-refractivity contribution is 5.10. The average Bonchev–Trinajstić information content (AvgIpc) is 2.88. The van der Waals surface area contributed by atoms with Crippen LogP contribution in [-0.2, 0) is 13.0 Å². The van der Waals surface area contributed by atoms with Crippen LogP contribution in [0.3, 0.4) is 0 Å². The minimum absolute atomic E-state index is 0.269. The van der Waals surface area contributed by atoms with Crippen molar-refractivity contribution in [1.29, 1.82) is 0 Å². The van der Waals surface area contributed by atoms with Crippen molar-refractivity contribution in [3.05, 3.63) is 16.5 Å². The first-order chi connectivity index (χ1) is 7.37. The van der Waals surface area contributed by atoms with E-state index in [1.807, 2.05) is 0 Å². The standard InChI is InChI=1S/C14H22N2/c1-10-11(2)16(9-12-6-7-12)13(15-10)8-14(3,4)5/h12H,1-2,6-9H2,3-5H3. The molecule has 0 aromatic carbocycles. The predicted molar refractivity (Wildman–Crippen MR) is 68.4 cm³/mol. The van der Waals surface area contributed by atoms with Crippen LogP contribution in [0.1, 0.15) is 39.4 Å². The lowest BCUT2D eigenvalue weighted by Crippen LogP contribution is -2.28. The van der Waals surface area contributed by atoms with Crippen LogP contribution in [0, 0.1) is 11.3 Å². The molecule has 1 saturated carbocycles. The van der Waals surface area contributed by atoms with E-state index < -0.39 is 0 Å². The largest absolute Gasteiger partial charge is 0.328 e. The summed E-state index contributed by atoms with van der Waals surface area (Å²) in [6.45, 7) is 15.9. The van der Waals surface area contributed by atoms with E-state index in [1.165, 1.54) is 12.8 Å². The van der Waals surface area contributed by atoms with Crippen molar-refractivity contribution in [1.82, 2.24) is 9.55 Å². The fraction of sp³-hybridized carbons (Fsp3) is 0.643. The van der Waals surface area contributed by atoms with E-state index in [2.05, 4.69) is 43.5 Å². The Morgan fingerprint density at radius 2 is 1.94 bits per heavy atom. The molecule has 1 aromatic heterocycles. The van der Waals surface area contributed by atoms with Gasteiger partial charge in [-0.3, -0.25) is 0 Å². The van der Waals surface area contributed by atoms with Crippen molar-refractivity contribution < 1.29 is 0 Å². The molecule has 1 aromatic rings. The van der Waals surface area contributed by atoms with Crippen molar-refractivity contribution in [3.8, 4) is 0 Å². The molecular formula is C14H22N2. The van der Waals surface area contributed by atoms with Crippen molar-refractivity contribution in [3.63, 3.8) is 0 Å². The highest BCUT2D eigenvalue weighted by atomic mass is 15.1. The zero-order valence-corrected chi connectivity index (χ0v) is 10.7. The molecular weight excluding hydrogens is 196 g/mol. The van der Waals surface area contributed by atoms with Crippen molar-refractivity contribution in [2.75, 3.05) is 0 Å². The fourth-order valence-electron chi connectivity index (χ4n) is 1.98. The summed E-state index contributed by atoms with van der Waals surface area (Å²) < 4.78 is 2.28. The van der Waals surface area contributed by atoms with Crippen molar-refractivity contribution in [2.24, 2.45) is 11.3 Å². The second-order valence-electron chi connectivity index (χ2n) is 6.21. The molecule has 1 heterocycles. The number of hydrogen-bond acceptors (Lipinski definition) is 1. The fourth-order valence-corrected chi connectivity index (χ4v) is 1.98. The summed E-state index contributed by atoms with van der Waals surface area (Å²) in [7, 11) is 0. The molecule has 16 heavy (non-hydrogen) atoms. The summed E-state index contributed by atoms with van der Waals surface area (Å²) in [4.78, 5) is 4.57. The Balaban J connectivity index is 2.31. The summed E-state index contributed by atoms with van der Waals surface area (Å²) in [6.07, 6.45) is 3.72. The topological polar surface area (TPSA) is 17.8 Å². The Hall–Kier alpha value is -1.05. The summed E-state index contributed by atoms with van der Waals surface area (Å²) in [5, 5.41) is 1.85. The first-order valence-corrected chi connectivity index (χ1v) is 6.10. The van der Waals surface area contributed by atoms with Gasteiger partial charge in [0.1, 0.15) is 5.82 Å². The Morgan fingerprint density at radius 1 is 1.31 bits per heavy atom. The molecule has 2 rings (SSSR count). The Bertz CT molecular complexity index is 472. The van der Waals surface area contributed by atoms with Crippen LogP contribution in [0.2, 0.25) is 0 Å². The van der Waals surface area contributed by atoms with Crippen LogP contribution in [0.5, 0.6) is 0 Å². The van der Waals surface area contributed by atoms with Crippen LogP contribution >= 0.6 is 0 Å². The third-order valence-electron chi connectivity index (χ3n) is 3.06. The van der Waals surface area contributed by atoms with E-state index in [9.17, 15) is 0 Å². The van der Waals surface area contributed by atoms with E-state index in [0.717, 1.165) is 35.4 Å². The van der Waals surface area contributed by atoms with Gasteiger partial charge in [0.2, 0.25) is 0 Å². The smallest absolute Gasteiger partial charge is 0.110 e. The first kappa shape index (κ1) is 11.4. The van der Waals surface area contributed by atoms with Gasteiger partial charge >= 0.3 is 0 Å². The Kier molecular flexibility index (Phi) is 2.69. The molecule has 0 bridgehead atoms. The van der Waals surface area contributed by atoms with Crippen LogP contribution in [0.4, 0.5) is 0 Å². The lowest BCUT2D eigenvalue weighted by molar-refractivity contribution is 0.388. The van der Waals surface area contributed by atoms with Gasteiger partial charge in [-0.25, -0.2) is 4.98 Å². The SMILES string of the molecule is C=c1nc(CC(C)(C)C)n(CC2CC2)c1=C. The molecule has 1 aliphatic carbocycles. The molecule has 0 atom stereocenters. The monoisotopic (exact) mass is 218 g/mol. The van der Waals surface area contributed by atoms with Crippen LogP contribution < -0.4 is 10.7 Å². The predicted octanol–water partition coefficient (Wildman–Crippen LogP) is 1.70. The maximum absolute atomic E-state index is 4.57. The lowest BCUT2D eigenvalue weighted by atomic mass is 9.92. The van der Waals surface area contributed by atoms with Gasteiger partial charge < -0.3 is 4.57 Å². The van der Waals surface area contributed by atoms with E-state index in [1.54, 1.807) is 0 Å². The number of nitrogens with zero attached hydrogens (tertiary/aromatic N) is 2. The van der Waals surface area contributed by atoms with E-state index in [-0.39, 0.29) is 5.41 Å². The molecule has 2 nitrogen and oxygen atoms in total. The maximum atomic E-state index is 4.57. The van der Waals surface area contributed by atoms with E-state index >= 15 is 0 Å². The quantitative estimate of drug-likeness (QED) is 0.755. The molecule has 0 aliphatic heterocycles. The highest BCUT2D eigenvalue weighted by Crippen LogP contribution is 2.30. The summed E-state index contributed by atoms with van der Waals surface area (Å²) in [5.41, 5.74) is 0.269. The van der Waals surface area contributed by atoms with Crippen LogP contribution in [-0.4, -0.2) is 9.55 Å². The molecule has 2 heteroatoms. The molecule has 0 amide bonds. The zero-order chi connectivity index (χ0) is 11.9.